The van der Waals surface area contributed by atoms with E-state index in [-0.39, 0.29) is 11.9 Å². The molecule has 2 N–H and O–H groups in total. The summed E-state index contributed by atoms with van der Waals surface area (Å²) >= 11 is 0. The van der Waals surface area contributed by atoms with Crippen LogP contribution in [0.5, 0.6) is 0 Å². The smallest absolute Gasteiger partial charge is 0.407 e. The maximum Gasteiger partial charge on any atom is 0.407 e. The number of hydrogen-bond donors (Lipinski definition) is 2. The molecular formula is C18H27FN2O2. The van der Waals surface area contributed by atoms with Gasteiger partial charge in [0, 0.05) is 19.1 Å². The standard InChI is InChI=1S/C18H27FN2O2/c1-14(13-15-7-9-16(19)10-8-15)20-11-5-6-12-21-17(22)23-18(2,3)4/h5-10,14,20H,11-13H2,1-4H3,(H,21,22)/b6-5+. The lowest BCUT2D eigenvalue weighted by Gasteiger charge is -2.19. The molecule has 23 heavy (non-hydrogen) atoms. The molecule has 0 heterocycles. The fourth-order valence-electron chi connectivity index (χ4n) is 1.94. The summed E-state index contributed by atoms with van der Waals surface area (Å²) in [7, 11) is 0. The molecule has 0 saturated heterocycles. The minimum Gasteiger partial charge on any atom is -0.444 e. The van der Waals surface area contributed by atoms with Crippen molar-refractivity contribution in [1.29, 1.82) is 0 Å². The number of nitrogens with one attached hydrogen (secondary N) is 2. The van der Waals surface area contributed by atoms with E-state index >= 15 is 0 Å². The predicted molar refractivity (Wildman–Crippen MR) is 90.9 cm³/mol. The van der Waals surface area contributed by atoms with Crippen LogP contribution in [-0.4, -0.2) is 30.8 Å². The van der Waals surface area contributed by atoms with Gasteiger partial charge in [-0.2, -0.15) is 0 Å². The normalized spacial score (nSPS) is 13.1. The first-order chi connectivity index (χ1) is 10.8. The Kier molecular flexibility index (Phi) is 7.75. The van der Waals surface area contributed by atoms with Crippen LogP contribution in [0.1, 0.15) is 33.3 Å². The Morgan fingerprint density at radius 3 is 2.43 bits per heavy atom. The van der Waals surface area contributed by atoms with Crippen molar-refractivity contribution in [1.82, 2.24) is 10.6 Å². The number of amides is 1. The number of benzene rings is 1. The van der Waals surface area contributed by atoms with Gasteiger partial charge in [0.2, 0.25) is 0 Å². The van der Waals surface area contributed by atoms with Crippen LogP contribution in [-0.2, 0) is 11.2 Å². The van der Waals surface area contributed by atoms with Gasteiger partial charge in [-0.3, -0.25) is 0 Å². The van der Waals surface area contributed by atoms with Gasteiger partial charge in [-0.05, 0) is 51.8 Å². The molecule has 0 bridgehead atoms. The summed E-state index contributed by atoms with van der Waals surface area (Å²) < 4.78 is 18.0. The van der Waals surface area contributed by atoms with Crippen molar-refractivity contribution in [2.24, 2.45) is 0 Å². The zero-order chi connectivity index (χ0) is 17.3. The fourth-order valence-corrected chi connectivity index (χ4v) is 1.94. The van der Waals surface area contributed by atoms with Crippen LogP contribution in [0.4, 0.5) is 9.18 Å². The van der Waals surface area contributed by atoms with Crippen molar-refractivity contribution in [3.05, 3.63) is 47.8 Å². The molecule has 5 heteroatoms. The van der Waals surface area contributed by atoms with Crippen LogP contribution in [0.25, 0.3) is 0 Å². The van der Waals surface area contributed by atoms with E-state index in [1.807, 2.05) is 32.9 Å². The van der Waals surface area contributed by atoms with Gasteiger partial charge in [0.05, 0.1) is 0 Å². The van der Waals surface area contributed by atoms with E-state index in [9.17, 15) is 9.18 Å². The summed E-state index contributed by atoms with van der Waals surface area (Å²) in [6, 6.07) is 6.83. The first-order valence-corrected chi connectivity index (χ1v) is 7.86. The second-order valence-corrected chi connectivity index (χ2v) is 6.49. The maximum atomic E-state index is 12.8. The Balaban J connectivity index is 2.15. The zero-order valence-electron chi connectivity index (χ0n) is 14.4. The average Bonchev–Trinajstić information content (AvgIpc) is 2.43. The number of hydrogen-bond acceptors (Lipinski definition) is 3. The first-order valence-electron chi connectivity index (χ1n) is 7.86. The SMILES string of the molecule is CC(Cc1ccc(F)cc1)NC/C=C/CNC(=O)OC(C)(C)C. The second kappa shape index (κ2) is 9.30. The van der Waals surface area contributed by atoms with E-state index in [4.69, 9.17) is 4.74 Å². The van der Waals surface area contributed by atoms with Gasteiger partial charge in [0.15, 0.2) is 0 Å². The van der Waals surface area contributed by atoms with Crippen molar-refractivity contribution in [3.8, 4) is 0 Å². The molecule has 4 nitrogen and oxygen atoms in total. The van der Waals surface area contributed by atoms with Crippen LogP contribution in [0, 0.1) is 5.82 Å². The monoisotopic (exact) mass is 322 g/mol. The van der Waals surface area contributed by atoms with E-state index in [1.165, 1.54) is 12.1 Å². The van der Waals surface area contributed by atoms with Crippen molar-refractivity contribution in [2.75, 3.05) is 13.1 Å². The summed E-state index contributed by atoms with van der Waals surface area (Å²) in [6.45, 7) is 8.70. The molecule has 0 aromatic heterocycles. The molecule has 1 aromatic carbocycles. The third-order valence-electron chi connectivity index (χ3n) is 2.97. The van der Waals surface area contributed by atoms with Crippen molar-refractivity contribution in [3.63, 3.8) is 0 Å². The molecule has 1 amide bonds. The molecule has 0 saturated carbocycles. The highest BCUT2D eigenvalue weighted by Gasteiger charge is 2.14. The number of alkyl carbamates (subject to hydrolysis) is 1. The average molecular weight is 322 g/mol. The summed E-state index contributed by atoms with van der Waals surface area (Å²) in [6.07, 6.45) is 4.25. The first kappa shape index (κ1) is 19.2. The molecule has 1 rings (SSSR count). The van der Waals surface area contributed by atoms with Crippen molar-refractivity contribution in [2.45, 2.75) is 45.8 Å². The van der Waals surface area contributed by atoms with E-state index in [0.717, 1.165) is 12.0 Å². The number of rotatable bonds is 7. The van der Waals surface area contributed by atoms with Crippen LogP contribution >= 0.6 is 0 Å². The molecule has 0 aliphatic heterocycles. The molecule has 1 atom stereocenters. The van der Waals surface area contributed by atoms with Crippen LogP contribution in [0.3, 0.4) is 0 Å². The van der Waals surface area contributed by atoms with Gasteiger partial charge >= 0.3 is 6.09 Å². The van der Waals surface area contributed by atoms with Gasteiger partial charge in [0.1, 0.15) is 11.4 Å². The number of carbonyl (C=O) groups is 1. The second-order valence-electron chi connectivity index (χ2n) is 6.49. The molecule has 1 unspecified atom stereocenters. The van der Waals surface area contributed by atoms with Crippen LogP contribution in [0.2, 0.25) is 0 Å². The Labute approximate surface area is 138 Å². The van der Waals surface area contributed by atoms with Gasteiger partial charge in [-0.15, -0.1) is 0 Å². The Morgan fingerprint density at radius 1 is 1.22 bits per heavy atom. The van der Waals surface area contributed by atoms with E-state index < -0.39 is 11.7 Å². The largest absolute Gasteiger partial charge is 0.444 e. The van der Waals surface area contributed by atoms with Gasteiger partial charge < -0.3 is 15.4 Å². The highest BCUT2D eigenvalue weighted by molar-refractivity contribution is 5.67. The third kappa shape index (κ3) is 9.68. The minimum atomic E-state index is -0.481. The molecule has 0 aliphatic rings. The lowest BCUT2D eigenvalue weighted by Crippen LogP contribution is -2.32. The Bertz CT molecular complexity index is 507. The van der Waals surface area contributed by atoms with E-state index in [1.54, 1.807) is 12.1 Å². The molecule has 1 aromatic rings. The Morgan fingerprint density at radius 2 is 1.83 bits per heavy atom. The minimum absolute atomic E-state index is 0.213. The maximum absolute atomic E-state index is 12.8. The van der Waals surface area contributed by atoms with Gasteiger partial charge in [-0.1, -0.05) is 24.3 Å². The predicted octanol–water partition coefficient (Wildman–Crippen LogP) is 3.43. The quantitative estimate of drug-likeness (QED) is 0.756. The van der Waals surface area contributed by atoms with Crippen molar-refractivity contribution < 1.29 is 13.9 Å². The fraction of sp³-hybridized carbons (Fsp3) is 0.500. The number of halogens is 1. The summed E-state index contributed by atoms with van der Waals surface area (Å²) in [5.41, 5.74) is 0.618. The lowest BCUT2D eigenvalue weighted by molar-refractivity contribution is 0.0534. The molecule has 0 aliphatic carbocycles. The lowest BCUT2D eigenvalue weighted by atomic mass is 10.1. The third-order valence-corrected chi connectivity index (χ3v) is 2.97. The zero-order valence-corrected chi connectivity index (χ0v) is 14.4. The van der Waals surface area contributed by atoms with Gasteiger partial charge in [0.25, 0.3) is 0 Å². The van der Waals surface area contributed by atoms with Gasteiger partial charge in [-0.25, -0.2) is 9.18 Å². The number of carbonyl (C=O) groups excluding carboxylic acids is 1. The molecule has 128 valence electrons. The Hall–Kier alpha value is -1.88. The highest BCUT2D eigenvalue weighted by atomic mass is 19.1. The highest BCUT2D eigenvalue weighted by Crippen LogP contribution is 2.06. The van der Waals surface area contributed by atoms with E-state index in [0.29, 0.717) is 13.1 Å². The van der Waals surface area contributed by atoms with E-state index in [2.05, 4.69) is 17.6 Å². The summed E-state index contributed by atoms with van der Waals surface area (Å²) in [5.74, 6) is -0.213. The molecule has 0 radical (unpaired) electrons. The topological polar surface area (TPSA) is 50.4 Å². The van der Waals surface area contributed by atoms with Crippen molar-refractivity contribution >= 4 is 6.09 Å². The number of ether oxygens (including phenoxy) is 1. The van der Waals surface area contributed by atoms with Crippen LogP contribution < -0.4 is 10.6 Å². The summed E-state index contributed by atoms with van der Waals surface area (Å²) in [4.78, 5) is 11.4. The molecule has 0 spiro atoms. The summed E-state index contributed by atoms with van der Waals surface area (Å²) in [5, 5.41) is 6.01. The molecule has 0 fully saturated rings. The molecular weight excluding hydrogens is 295 g/mol. The van der Waals surface area contributed by atoms with Crippen LogP contribution in [0.15, 0.2) is 36.4 Å².